The number of amides is 2. The van der Waals surface area contributed by atoms with E-state index < -0.39 is 0 Å². The second kappa shape index (κ2) is 8.11. The highest BCUT2D eigenvalue weighted by Crippen LogP contribution is 2.26. The molecule has 2 N–H and O–H groups in total. The standard InChI is InChI=1S/C20H22Cl2N2O2/c1-12(16-10-9-15(21)11-17(16)22)23-18(25)13-5-7-14(8-6-13)19(26)24-20(2,3)4/h5-12H,1-4H3,(H,23,25)(H,24,26). The molecule has 0 saturated heterocycles. The normalized spacial score (nSPS) is 12.4. The Morgan fingerprint density at radius 2 is 1.46 bits per heavy atom. The van der Waals surface area contributed by atoms with Crippen LogP contribution in [0.15, 0.2) is 42.5 Å². The van der Waals surface area contributed by atoms with Crippen molar-refractivity contribution in [2.75, 3.05) is 0 Å². The van der Waals surface area contributed by atoms with Gasteiger partial charge in [0, 0.05) is 26.7 Å². The third kappa shape index (κ3) is 5.48. The number of nitrogens with one attached hydrogen (secondary N) is 2. The summed E-state index contributed by atoms with van der Waals surface area (Å²) < 4.78 is 0. The minimum atomic E-state index is -0.319. The van der Waals surface area contributed by atoms with E-state index in [0.29, 0.717) is 21.2 Å². The van der Waals surface area contributed by atoms with Crippen molar-refractivity contribution in [2.24, 2.45) is 0 Å². The molecule has 0 bridgehead atoms. The predicted molar refractivity (Wildman–Crippen MR) is 106 cm³/mol. The molecule has 138 valence electrons. The lowest BCUT2D eigenvalue weighted by molar-refractivity contribution is 0.0913. The summed E-state index contributed by atoms with van der Waals surface area (Å²) in [6, 6.07) is 11.4. The molecule has 6 heteroatoms. The first-order chi connectivity index (χ1) is 12.1. The van der Waals surface area contributed by atoms with E-state index in [-0.39, 0.29) is 23.4 Å². The Balaban J connectivity index is 2.07. The zero-order chi connectivity index (χ0) is 19.5. The lowest BCUT2D eigenvalue weighted by atomic mass is 10.1. The number of carbonyl (C=O) groups is 2. The van der Waals surface area contributed by atoms with Crippen LogP contribution in [0, 0.1) is 0 Å². The van der Waals surface area contributed by atoms with Crippen molar-refractivity contribution in [3.63, 3.8) is 0 Å². The Hall–Kier alpha value is -2.04. The van der Waals surface area contributed by atoms with Crippen molar-refractivity contribution in [1.82, 2.24) is 10.6 Å². The summed E-state index contributed by atoms with van der Waals surface area (Å²) in [6.07, 6.45) is 0. The SMILES string of the molecule is CC(NC(=O)c1ccc(C(=O)NC(C)(C)C)cc1)c1ccc(Cl)cc1Cl. The van der Waals surface area contributed by atoms with Crippen molar-refractivity contribution in [3.8, 4) is 0 Å². The summed E-state index contributed by atoms with van der Waals surface area (Å²) in [4.78, 5) is 24.6. The lowest BCUT2D eigenvalue weighted by Gasteiger charge is -2.20. The molecule has 0 aromatic heterocycles. The van der Waals surface area contributed by atoms with Crippen LogP contribution in [-0.4, -0.2) is 17.4 Å². The third-order valence-electron chi connectivity index (χ3n) is 3.67. The molecule has 4 nitrogen and oxygen atoms in total. The second-order valence-electron chi connectivity index (χ2n) is 7.14. The molecular weight excluding hydrogens is 371 g/mol. The predicted octanol–water partition coefficient (Wildman–Crippen LogP) is 5.01. The molecule has 0 fully saturated rings. The van der Waals surface area contributed by atoms with Crippen LogP contribution in [0.2, 0.25) is 10.0 Å². The van der Waals surface area contributed by atoms with Gasteiger partial charge < -0.3 is 10.6 Å². The zero-order valence-corrected chi connectivity index (χ0v) is 16.7. The van der Waals surface area contributed by atoms with E-state index in [4.69, 9.17) is 23.2 Å². The van der Waals surface area contributed by atoms with Gasteiger partial charge in [0.15, 0.2) is 0 Å². The summed E-state index contributed by atoms with van der Waals surface area (Å²) in [5, 5.41) is 6.82. The van der Waals surface area contributed by atoms with E-state index in [1.807, 2.05) is 27.7 Å². The van der Waals surface area contributed by atoms with Gasteiger partial charge in [0.25, 0.3) is 11.8 Å². The number of hydrogen-bond donors (Lipinski definition) is 2. The summed E-state index contributed by atoms with van der Waals surface area (Å²) in [7, 11) is 0. The first-order valence-corrected chi connectivity index (χ1v) is 9.01. The average molecular weight is 393 g/mol. The van der Waals surface area contributed by atoms with E-state index >= 15 is 0 Å². The highest BCUT2D eigenvalue weighted by Gasteiger charge is 2.17. The van der Waals surface area contributed by atoms with E-state index in [0.717, 1.165) is 5.56 Å². The van der Waals surface area contributed by atoms with Crippen LogP contribution in [-0.2, 0) is 0 Å². The molecule has 1 atom stereocenters. The summed E-state index contributed by atoms with van der Waals surface area (Å²) >= 11 is 12.1. The molecule has 0 aliphatic heterocycles. The molecule has 2 rings (SSSR count). The number of hydrogen-bond acceptors (Lipinski definition) is 2. The molecule has 26 heavy (non-hydrogen) atoms. The van der Waals surface area contributed by atoms with Crippen molar-refractivity contribution in [3.05, 3.63) is 69.2 Å². The van der Waals surface area contributed by atoms with Crippen molar-refractivity contribution in [2.45, 2.75) is 39.3 Å². The van der Waals surface area contributed by atoms with Gasteiger partial charge in [0.05, 0.1) is 6.04 Å². The first kappa shape index (κ1) is 20.3. The van der Waals surface area contributed by atoms with Gasteiger partial charge in [-0.05, 0) is 69.7 Å². The molecule has 0 aliphatic rings. The van der Waals surface area contributed by atoms with Crippen LogP contribution in [0.25, 0.3) is 0 Å². The lowest BCUT2D eigenvalue weighted by Crippen LogP contribution is -2.40. The van der Waals surface area contributed by atoms with Crippen molar-refractivity contribution < 1.29 is 9.59 Å². The second-order valence-corrected chi connectivity index (χ2v) is 7.99. The zero-order valence-electron chi connectivity index (χ0n) is 15.2. The Morgan fingerprint density at radius 3 is 1.96 bits per heavy atom. The van der Waals surface area contributed by atoms with Crippen LogP contribution in [0.3, 0.4) is 0 Å². The highest BCUT2D eigenvalue weighted by molar-refractivity contribution is 6.35. The summed E-state index contributed by atoms with van der Waals surface area (Å²) in [5.74, 6) is -0.419. The molecule has 1 unspecified atom stereocenters. The molecule has 2 aromatic carbocycles. The molecule has 2 aromatic rings. The van der Waals surface area contributed by atoms with Crippen LogP contribution in [0.5, 0.6) is 0 Å². The summed E-state index contributed by atoms with van der Waals surface area (Å²) in [6.45, 7) is 7.58. The van der Waals surface area contributed by atoms with Crippen molar-refractivity contribution >= 4 is 35.0 Å². The molecule has 0 spiro atoms. The number of halogens is 2. The quantitative estimate of drug-likeness (QED) is 0.767. The average Bonchev–Trinajstić information content (AvgIpc) is 2.53. The fourth-order valence-electron chi connectivity index (χ4n) is 2.40. The Bertz CT molecular complexity index is 812. The van der Waals surface area contributed by atoms with Gasteiger partial charge >= 0.3 is 0 Å². The van der Waals surface area contributed by atoms with Crippen LogP contribution in [0.4, 0.5) is 0 Å². The maximum Gasteiger partial charge on any atom is 0.251 e. The van der Waals surface area contributed by atoms with Gasteiger partial charge in [-0.1, -0.05) is 29.3 Å². The Kier molecular flexibility index (Phi) is 6.32. The van der Waals surface area contributed by atoms with Gasteiger partial charge in [0.1, 0.15) is 0 Å². The molecule has 2 amide bonds. The van der Waals surface area contributed by atoms with Crippen LogP contribution < -0.4 is 10.6 Å². The third-order valence-corrected chi connectivity index (χ3v) is 4.24. The van der Waals surface area contributed by atoms with Crippen molar-refractivity contribution in [1.29, 1.82) is 0 Å². The smallest absolute Gasteiger partial charge is 0.251 e. The fraction of sp³-hybridized carbons (Fsp3) is 0.300. The van der Waals surface area contributed by atoms with Gasteiger partial charge in [-0.25, -0.2) is 0 Å². The highest BCUT2D eigenvalue weighted by atomic mass is 35.5. The fourth-order valence-corrected chi connectivity index (χ4v) is 2.97. The molecule has 0 saturated carbocycles. The minimum absolute atomic E-state index is 0.175. The Labute approximate surface area is 163 Å². The number of carbonyl (C=O) groups excluding carboxylic acids is 2. The largest absolute Gasteiger partial charge is 0.347 e. The van der Waals surface area contributed by atoms with Crippen LogP contribution in [0.1, 0.15) is 60.0 Å². The first-order valence-electron chi connectivity index (χ1n) is 8.25. The van der Waals surface area contributed by atoms with Gasteiger partial charge in [-0.2, -0.15) is 0 Å². The monoisotopic (exact) mass is 392 g/mol. The maximum absolute atomic E-state index is 12.4. The van der Waals surface area contributed by atoms with E-state index in [2.05, 4.69) is 10.6 Å². The van der Waals surface area contributed by atoms with E-state index in [9.17, 15) is 9.59 Å². The van der Waals surface area contributed by atoms with Gasteiger partial charge in [0.2, 0.25) is 0 Å². The number of benzene rings is 2. The number of rotatable bonds is 4. The Morgan fingerprint density at radius 1 is 0.923 bits per heavy atom. The minimum Gasteiger partial charge on any atom is -0.347 e. The molecule has 0 heterocycles. The maximum atomic E-state index is 12.4. The molecular formula is C20H22Cl2N2O2. The van der Waals surface area contributed by atoms with E-state index in [1.165, 1.54) is 0 Å². The van der Waals surface area contributed by atoms with E-state index in [1.54, 1.807) is 42.5 Å². The molecule has 0 radical (unpaired) electrons. The van der Waals surface area contributed by atoms with Crippen LogP contribution >= 0.6 is 23.2 Å². The topological polar surface area (TPSA) is 58.2 Å². The van der Waals surface area contributed by atoms with Gasteiger partial charge in [-0.3, -0.25) is 9.59 Å². The molecule has 0 aliphatic carbocycles. The van der Waals surface area contributed by atoms with Gasteiger partial charge in [-0.15, -0.1) is 0 Å². The summed E-state index contributed by atoms with van der Waals surface area (Å²) in [5.41, 5.74) is 1.44.